The minimum Gasteiger partial charge on any atom is -0.369 e. The van der Waals surface area contributed by atoms with Crippen LogP contribution in [0.5, 0.6) is 0 Å². The van der Waals surface area contributed by atoms with Crippen LogP contribution >= 0.6 is 0 Å². The maximum Gasteiger partial charge on any atom is 0.227 e. The zero-order chi connectivity index (χ0) is 12.7. The smallest absolute Gasteiger partial charge is 0.227 e. The van der Waals surface area contributed by atoms with Gasteiger partial charge in [-0.15, -0.1) is 0 Å². The first-order valence-corrected chi connectivity index (χ1v) is 6.99. The molecule has 5 nitrogen and oxygen atoms in total. The van der Waals surface area contributed by atoms with Crippen LogP contribution < -0.4 is 11.1 Å². The highest BCUT2D eigenvalue weighted by Gasteiger charge is 2.44. The Balaban J connectivity index is 1.64. The van der Waals surface area contributed by atoms with Gasteiger partial charge in [0.25, 0.3) is 0 Å². The summed E-state index contributed by atoms with van der Waals surface area (Å²) in [5.41, 5.74) is 5.35. The summed E-state index contributed by atoms with van der Waals surface area (Å²) in [6, 6.07) is 0.914. The third-order valence-corrected chi connectivity index (χ3v) is 4.75. The Morgan fingerprint density at radius 2 is 2.06 bits per heavy atom. The quantitative estimate of drug-likeness (QED) is 0.716. The third kappa shape index (κ3) is 2.00. The van der Waals surface area contributed by atoms with Crippen molar-refractivity contribution in [3.8, 4) is 0 Å². The van der Waals surface area contributed by atoms with Crippen molar-refractivity contribution in [1.82, 2.24) is 10.2 Å². The topological polar surface area (TPSA) is 75.4 Å². The van der Waals surface area contributed by atoms with E-state index in [9.17, 15) is 9.59 Å². The normalized spacial score (nSPS) is 39.0. The third-order valence-electron chi connectivity index (χ3n) is 4.75. The summed E-state index contributed by atoms with van der Waals surface area (Å²) in [4.78, 5) is 25.6. The number of amides is 2. The molecule has 3 heterocycles. The molecule has 2 bridgehead atoms. The van der Waals surface area contributed by atoms with E-state index in [0.29, 0.717) is 18.6 Å². The summed E-state index contributed by atoms with van der Waals surface area (Å²) in [5, 5.41) is 3.49. The number of primary amides is 1. The second kappa shape index (κ2) is 4.53. The standard InChI is InChI=1S/C13H21N3O2/c14-12(17)8-2-1-5-16(7-8)13(18)10-6-9-3-4-11(10)15-9/h8-11,15H,1-7H2,(H2,14,17). The molecule has 0 aliphatic carbocycles. The van der Waals surface area contributed by atoms with Crippen LogP contribution in [-0.2, 0) is 9.59 Å². The van der Waals surface area contributed by atoms with Crippen molar-refractivity contribution in [2.24, 2.45) is 17.6 Å². The van der Waals surface area contributed by atoms with Gasteiger partial charge < -0.3 is 16.0 Å². The van der Waals surface area contributed by atoms with Gasteiger partial charge in [-0.1, -0.05) is 0 Å². The van der Waals surface area contributed by atoms with Crippen LogP contribution in [0.2, 0.25) is 0 Å². The average Bonchev–Trinajstić information content (AvgIpc) is 3.00. The number of hydrogen-bond acceptors (Lipinski definition) is 3. The summed E-state index contributed by atoms with van der Waals surface area (Å²) in [6.45, 7) is 1.32. The molecule has 3 aliphatic heterocycles. The van der Waals surface area contributed by atoms with Crippen molar-refractivity contribution in [3.63, 3.8) is 0 Å². The van der Waals surface area contributed by atoms with Crippen LogP contribution in [0.3, 0.4) is 0 Å². The SMILES string of the molecule is NC(=O)C1CCCN(C(=O)C2CC3CCC2N3)C1. The fourth-order valence-electron chi connectivity index (χ4n) is 3.74. The first-order chi connectivity index (χ1) is 8.65. The van der Waals surface area contributed by atoms with E-state index in [0.717, 1.165) is 32.2 Å². The Morgan fingerprint density at radius 3 is 2.67 bits per heavy atom. The van der Waals surface area contributed by atoms with E-state index < -0.39 is 0 Å². The highest BCUT2D eigenvalue weighted by Crippen LogP contribution is 2.35. The molecular weight excluding hydrogens is 230 g/mol. The molecule has 0 aromatic carbocycles. The summed E-state index contributed by atoms with van der Waals surface area (Å²) >= 11 is 0. The largest absolute Gasteiger partial charge is 0.369 e. The van der Waals surface area contributed by atoms with Crippen molar-refractivity contribution >= 4 is 11.8 Å². The van der Waals surface area contributed by atoms with Crippen molar-refractivity contribution in [2.75, 3.05) is 13.1 Å². The number of piperidine rings is 1. The van der Waals surface area contributed by atoms with Crippen molar-refractivity contribution in [3.05, 3.63) is 0 Å². The van der Waals surface area contributed by atoms with Gasteiger partial charge in [-0.2, -0.15) is 0 Å². The monoisotopic (exact) mass is 251 g/mol. The Morgan fingerprint density at radius 1 is 1.22 bits per heavy atom. The number of rotatable bonds is 2. The number of nitrogens with two attached hydrogens (primary N) is 1. The Bertz CT molecular complexity index is 371. The van der Waals surface area contributed by atoms with E-state index in [1.54, 1.807) is 0 Å². The minimum absolute atomic E-state index is 0.135. The van der Waals surface area contributed by atoms with E-state index in [2.05, 4.69) is 5.32 Å². The molecule has 0 aromatic heterocycles. The van der Waals surface area contributed by atoms with Gasteiger partial charge in [-0.05, 0) is 32.1 Å². The molecule has 5 heteroatoms. The molecule has 0 saturated carbocycles. The number of nitrogens with zero attached hydrogens (tertiary/aromatic N) is 1. The summed E-state index contributed by atoms with van der Waals surface area (Å²) in [7, 11) is 0. The second-order valence-electron chi connectivity index (χ2n) is 5.92. The fraction of sp³-hybridized carbons (Fsp3) is 0.846. The number of carbonyl (C=O) groups is 2. The molecule has 3 saturated heterocycles. The first kappa shape index (κ1) is 12.0. The highest BCUT2D eigenvalue weighted by molar-refractivity contribution is 5.82. The zero-order valence-electron chi connectivity index (χ0n) is 10.6. The van der Waals surface area contributed by atoms with Crippen LogP contribution in [0.25, 0.3) is 0 Å². The summed E-state index contributed by atoms with van der Waals surface area (Å²) in [5.74, 6) is -0.0381. The number of hydrogen-bond donors (Lipinski definition) is 2. The second-order valence-corrected chi connectivity index (χ2v) is 5.92. The van der Waals surface area contributed by atoms with E-state index >= 15 is 0 Å². The number of fused-ring (bicyclic) bond motifs is 2. The first-order valence-electron chi connectivity index (χ1n) is 6.99. The molecule has 3 aliphatic rings. The fourth-order valence-corrected chi connectivity index (χ4v) is 3.74. The Labute approximate surface area is 107 Å². The van der Waals surface area contributed by atoms with E-state index in [-0.39, 0.29) is 23.7 Å². The van der Waals surface area contributed by atoms with Crippen LogP contribution in [-0.4, -0.2) is 41.9 Å². The molecule has 2 amide bonds. The molecule has 4 atom stereocenters. The van der Waals surface area contributed by atoms with Gasteiger partial charge in [-0.25, -0.2) is 0 Å². The molecule has 0 spiro atoms. The maximum atomic E-state index is 12.5. The van der Waals surface area contributed by atoms with Crippen LogP contribution in [0.4, 0.5) is 0 Å². The molecular formula is C13H21N3O2. The lowest BCUT2D eigenvalue weighted by Gasteiger charge is -2.34. The molecule has 0 aromatic rings. The lowest BCUT2D eigenvalue weighted by atomic mass is 9.87. The lowest BCUT2D eigenvalue weighted by molar-refractivity contribution is -0.139. The average molecular weight is 251 g/mol. The Kier molecular flexibility index (Phi) is 3.01. The minimum atomic E-state index is -0.265. The number of carbonyl (C=O) groups excluding carboxylic acids is 2. The molecule has 3 fully saturated rings. The van der Waals surface area contributed by atoms with E-state index in [4.69, 9.17) is 5.73 Å². The predicted octanol–water partition coefficient (Wildman–Crippen LogP) is -0.149. The maximum absolute atomic E-state index is 12.5. The lowest BCUT2D eigenvalue weighted by Crippen LogP contribution is -2.48. The molecule has 3 N–H and O–H groups in total. The van der Waals surface area contributed by atoms with Crippen LogP contribution in [0.15, 0.2) is 0 Å². The number of nitrogens with one attached hydrogen (secondary N) is 1. The van der Waals surface area contributed by atoms with Gasteiger partial charge in [0, 0.05) is 25.2 Å². The molecule has 0 radical (unpaired) electrons. The summed E-state index contributed by atoms with van der Waals surface area (Å²) in [6.07, 6.45) is 5.02. The van der Waals surface area contributed by atoms with Gasteiger partial charge in [-0.3, -0.25) is 9.59 Å². The van der Waals surface area contributed by atoms with E-state index in [1.807, 2.05) is 4.90 Å². The molecule has 4 unspecified atom stereocenters. The molecule has 18 heavy (non-hydrogen) atoms. The summed E-state index contributed by atoms with van der Waals surface area (Å²) < 4.78 is 0. The van der Waals surface area contributed by atoms with Gasteiger partial charge in [0.1, 0.15) is 0 Å². The van der Waals surface area contributed by atoms with Crippen molar-refractivity contribution < 1.29 is 9.59 Å². The zero-order valence-corrected chi connectivity index (χ0v) is 10.6. The van der Waals surface area contributed by atoms with Gasteiger partial charge in [0.05, 0.1) is 11.8 Å². The van der Waals surface area contributed by atoms with Gasteiger partial charge in [0.2, 0.25) is 11.8 Å². The van der Waals surface area contributed by atoms with E-state index in [1.165, 1.54) is 6.42 Å². The molecule has 100 valence electrons. The van der Waals surface area contributed by atoms with Gasteiger partial charge in [0.15, 0.2) is 0 Å². The number of likely N-dealkylation sites (tertiary alicyclic amines) is 1. The van der Waals surface area contributed by atoms with Crippen LogP contribution in [0, 0.1) is 11.8 Å². The van der Waals surface area contributed by atoms with Gasteiger partial charge >= 0.3 is 0 Å². The molecule has 3 rings (SSSR count). The highest BCUT2D eigenvalue weighted by atomic mass is 16.2. The van der Waals surface area contributed by atoms with Crippen LogP contribution in [0.1, 0.15) is 32.1 Å². The Hall–Kier alpha value is -1.10. The predicted molar refractivity (Wildman–Crippen MR) is 66.6 cm³/mol. The van der Waals surface area contributed by atoms with Crippen molar-refractivity contribution in [2.45, 2.75) is 44.2 Å². The van der Waals surface area contributed by atoms with Crippen molar-refractivity contribution in [1.29, 1.82) is 0 Å².